The number of nitrogens with one attached hydrogen (secondary N) is 1. The molecule has 37 heavy (non-hydrogen) atoms. The molecule has 0 saturated carbocycles. The average molecular weight is 508 g/mol. The molecule has 0 unspecified atom stereocenters. The van der Waals surface area contributed by atoms with Gasteiger partial charge in [-0.15, -0.1) is 0 Å². The van der Waals surface area contributed by atoms with Gasteiger partial charge >= 0.3 is 11.9 Å². The molecule has 2 aromatic carbocycles. The van der Waals surface area contributed by atoms with Crippen LogP contribution in [-0.2, 0) is 30.3 Å². The zero-order valence-corrected chi connectivity index (χ0v) is 21.0. The summed E-state index contributed by atoms with van der Waals surface area (Å²) in [7, 11) is 0. The maximum Gasteiger partial charge on any atom is 0.328 e. The second kappa shape index (κ2) is 12.0. The van der Waals surface area contributed by atoms with E-state index >= 15 is 0 Å². The Kier molecular flexibility index (Phi) is 8.55. The van der Waals surface area contributed by atoms with E-state index in [4.69, 9.17) is 4.74 Å². The lowest BCUT2D eigenvalue weighted by Crippen LogP contribution is -2.62. The van der Waals surface area contributed by atoms with Crippen LogP contribution in [0, 0.1) is 0 Å². The van der Waals surface area contributed by atoms with Crippen molar-refractivity contribution < 1.29 is 29.0 Å². The van der Waals surface area contributed by atoms with Crippen LogP contribution in [-0.4, -0.2) is 70.2 Å². The number of carbonyl (C=O) groups is 4. The number of amides is 2. The molecule has 2 N–H and O–H groups in total. The van der Waals surface area contributed by atoms with Crippen molar-refractivity contribution in [3.8, 4) is 11.1 Å². The van der Waals surface area contributed by atoms with Crippen LogP contribution in [0.1, 0.15) is 44.6 Å². The summed E-state index contributed by atoms with van der Waals surface area (Å²) in [5.41, 5.74) is 3.25. The Bertz CT molecular complexity index is 1120. The first-order chi connectivity index (χ1) is 17.9. The predicted molar refractivity (Wildman–Crippen MR) is 136 cm³/mol. The van der Waals surface area contributed by atoms with Crippen molar-refractivity contribution in [3.05, 3.63) is 60.2 Å². The van der Waals surface area contributed by atoms with E-state index in [1.54, 1.807) is 6.92 Å². The van der Waals surface area contributed by atoms with Crippen LogP contribution in [0.25, 0.3) is 11.1 Å². The van der Waals surface area contributed by atoms with Crippen LogP contribution in [0.15, 0.2) is 54.6 Å². The van der Waals surface area contributed by atoms with Gasteiger partial charge in [0.15, 0.2) is 6.04 Å². The fourth-order valence-electron chi connectivity index (χ4n) is 4.97. The maximum absolute atomic E-state index is 13.5. The minimum absolute atomic E-state index is 0.0861. The summed E-state index contributed by atoms with van der Waals surface area (Å²) in [6, 6.07) is 15.4. The number of benzene rings is 2. The molecule has 2 heterocycles. The highest BCUT2D eigenvalue weighted by atomic mass is 16.5. The number of nitrogens with zero attached hydrogens (tertiary/aromatic N) is 2. The minimum atomic E-state index is -1.15. The lowest BCUT2D eigenvalue weighted by Gasteiger charge is -2.42. The zero-order valence-electron chi connectivity index (χ0n) is 21.0. The Morgan fingerprint density at radius 2 is 1.76 bits per heavy atom. The first kappa shape index (κ1) is 26.3. The first-order valence-electron chi connectivity index (χ1n) is 12.8. The monoisotopic (exact) mass is 507 g/mol. The second-order valence-electron chi connectivity index (χ2n) is 9.36. The summed E-state index contributed by atoms with van der Waals surface area (Å²) in [4.78, 5) is 50.8. The number of fused-ring (bicyclic) bond motifs is 1. The number of carboxylic acids is 1. The van der Waals surface area contributed by atoms with E-state index in [1.165, 1.54) is 5.01 Å². The molecule has 2 amide bonds. The number of aliphatic carboxylic acids is 1. The third-order valence-corrected chi connectivity index (χ3v) is 6.90. The quantitative estimate of drug-likeness (QED) is 0.502. The number of hydrogen-bond donors (Lipinski definition) is 2. The van der Waals surface area contributed by atoms with Crippen LogP contribution in [0.4, 0.5) is 0 Å². The molecular weight excluding hydrogens is 474 g/mol. The second-order valence-corrected chi connectivity index (χ2v) is 9.36. The van der Waals surface area contributed by atoms with Crippen molar-refractivity contribution in [1.29, 1.82) is 0 Å². The van der Waals surface area contributed by atoms with Crippen molar-refractivity contribution in [2.45, 2.75) is 63.6 Å². The van der Waals surface area contributed by atoms with Gasteiger partial charge in [-0.3, -0.25) is 24.7 Å². The van der Waals surface area contributed by atoms with E-state index in [0.29, 0.717) is 25.8 Å². The van der Waals surface area contributed by atoms with Gasteiger partial charge in [-0.2, -0.15) is 0 Å². The van der Waals surface area contributed by atoms with E-state index < -0.39 is 36.0 Å². The molecule has 0 spiro atoms. The Morgan fingerprint density at radius 1 is 1.05 bits per heavy atom. The minimum Gasteiger partial charge on any atom is -0.480 e. The first-order valence-corrected chi connectivity index (χ1v) is 12.8. The fraction of sp³-hybridized carbons (Fsp3) is 0.429. The topological polar surface area (TPSA) is 116 Å². The van der Waals surface area contributed by atoms with E-state index in [1.807, 2.05) is 54.6 Å². The number of esters is 1. The van der Waals surface area contributed by atoms with E-state index in [2.05, 4.69) is 5.32 Å². The molecule has 0 aliphatic carbocycles. The summed E-state index contributed by atoms with van der Waals surface area (Å²) in [6.07, 6.45) is 2.00. The predicted octanol–water partition coefficient (Wildman–Crippen LogP) is 2.79. The van der Waals surface area contributed by atoms with Gasteiger partial charge in [-0.05, 0) is 55.7 Å². The molecule has 0 bridgehead atoms. The molecular formula is C28H33N3O6. The van der Waals surface area contributed by atoms with Crippen molar-refractivity contribution in [3.63, 3.8) is 0 Å². The highest BCUT2D eigenvalue weighted by Crippen LogP contribution is 2.26. The van der Waals surface area contributed by atoms with Crippen LogP contribution < -0.4 is 5.32 Å². The molecule has 0 aromatic heterocycles. The standard InChI is InChI=1S/C28H33N3O6/c1-2-37-28(36)23(15-12-19-10-13-21(14-11-19)20-7-4-3-5-8-20)29-22-16-17-25(32)30-18-6-9-24(27(34)35)31(30)26(22)33/h3-5,7-8,10-11,13-14,22-24,29H,2,6,9,12,15-18H2,1H3,(H,34,35)/t22-,23-,24-/m0/s1. The molecule has 2 aromatic rings. The molecule has 3 atom stereocenters. The molecule has 4 rings (SSSR count). The van der Waals surface area contributed by atoms with Gasteiger partial charge < -0.3 is 9.84 Å². The Morgan fingerprint density at radius 3 is 2.43 bits per heavy atom. The van der Waals surface area contributed by atoms with Gasteiger partial charge in [0.2, 0.25) is 5.91 Å². The molecule has 2 aliphatic heterocycles. The molecule has 196 valence electrons. The van der Waals surface area contributed by atoms with Crippen LogP contribution in [0.5, 0.6) is 0 Å². The van der Waals surface area contributed by atoms with Crippen molar-refractivity contribution >= 4 is 23.8 Å². The van der Waals surface area contributed by atoms with Gasteiger partial charge in [-0.1, -0.05) is 54.6 Å². The molecule has 2 saturated heterocycles. The number of carbonyl (C=O) groups excluding carboxylic acids is 3. The smallest absolute Gasteiger partial charge is 0.328 e. The summed E-state index contributed by atoms with van der Waals surface area (Å²) in [5.74, 6) is -2.40. The summed E-state index contributed by atoms with van der Waals surface area (Å²) < 4.78 is 5.27. The molecule has 2 aliphatic rings. The Labute approximate surface area is 216 Å². The number of hydrogen-bond acceptors (Lipinski definition) is 6. The normalized spacial score (nSPS) is 20.7. The Balaban J connectivity index is 1.48. The molecule has 9 heteroatoms. The van der Waals surface area contributed by atoms with Crippen molar-refractivity contribution in [2.24, 2.45) is 0 Å². The van der Waals surface area contributed by atoms with E-state index in [-0.39, 0.29) is 31.8 Å². The SMILES string of the molecule is CCOC(=O)[C@H](CCc1ccc(-c2ccccc2)cc1)N[C@H]1CCC(=O)N2CCC[C@@H](C(=O)O)N2C1=O. The van der Waals surface area contributed by atoms with Gasteiger partial charge in [0.05, 0.1) is 12.6 Å². The van der Waals surface area contributed by atoms with Crippen LogP contribution in [0.3, 0.4) is 0 Å². The summed E-state index contributed by atoms with van der Waals surface area (Å²) in [5, 5.41) is 15.1. The highest BCUT2D eigenvalue weighted by molar-refractivity contribution is 5.92. The average Bonchev–Trinajstić information content (AvgIpc) is 3.03. The number of carboxylic acid groups (broad SMARTS) is 1. The van der Waals surface area contributed by atoms with Gasteiger partial charge in [0.1, 0.15) is 6.04 Å². The zero-order chi connectivity index (χ0) is 26.4. The lowest BCUT2D eigenvalue weighted by molar-refractivity contribution is -0.181. The van der Waals surface area contributed by atoms with E-state index in [9.17, 15) is 24.3 Å². The number of aryl methyl sites for hydroxylation is 1. The molecule has 9 nitrogen and oxygen atoms in total. The third-order valence-electron chi connectivity index (χ3n) is 6.90. The maximum atomic E-state index is 13.5. The molecule has 0 radical (unpaired) electrons. The van der Waals surface area contributed by atoms with Crippen LogP contribution >= 0.6 is 0 Å². The number of hydrazine groups is 1. The number of ether oxygens (including phenoxy) is 1. The lowest BCUT2D eigenvalue weighted by atomic mass is 9.99. The largest absolute Gasteiger partial charge is 0.480 e. The van der Waals surface area contributed by atoms with Crippen molar-refractivity contribution in [1.82, 2.24) is 15.3 Å². The van der Waals surface area contributed by atoms with Crippen LogP contribution in [0.2, 0.25) is 0 Å². The van der Waals surface area contributed by atoms with Gasteiger partial charge in [-0.25, -0.2) is 9.80 Å². The molecule has 2 fully saturated rings. The van der Waals surface area contributed by atoms with Gasteiger partial charge in [0.25, 0.3) is 5.91 Å². The van der Waals surface area contributed by atoms with Gasteiger partial charge in [0, 0.05) is 13.0 Å². The summed E-state index contributed by atoms with van der Waals surface area (Å²) >= 11 is 0. The van der Waals surface area contributed by atoms with E-state index in [0.717, 1.165) is 21.7 Å². The third kappa shape index (κ3) is 6.17. The fourth-order valence-corrected chi connectivity index (χ4v) is 4.97. The Hall–Kier alpha value is -3.72. The number of rotatable bonds is 9. The van der Waals surface area contributed by atoms with Crippen molar-refractivity contribution in [2.75, 3.05) is 13.2 Å². The highest BCUT2D eigenvalue weighted by Gasteiger charge is 2.45. The summed E-state index contributed by atoms with van der Waals surface area (Å²) in [6.45, 7) is 2.22.